The van der Waals surface area contributed by atoms with Crippen LogP contribution in [0.25, 0.3) is 0 Å². The number of hydrogen-bond donors (Lipinski definition) is 4. The van der Waals surface area contributed by atoms with Gasteiger partial charge in [-0.3, -0.25) is 0 Å². The standard InChI is InChI=1S/C22H34O4P2/c1-21(2,3)28(26,22(4,5)6,16-18-9-13-20(24)14-10-18)27(25)15-17-7-11-19(23)12-8-17/h7-14,23-26H,15-16H2,1-6H3. The Bertz CT molecular complexity index is 788. The third kappa shape index (κ3) is 3.81. The van der Waals surface area contributed by atoms with Crippen LogP contribution in [-0.2, 0) is 12.3 Å². The minimum absolute atomic E-state index is 0.184. The van der Waals surface area contributed by atoms with Gasteiger partial charge < -0.3 is 0 Å². The second-order valence-electron chi connectivity index (χ2n) is 9.56. The molecule has 0 aromatic heterocycles. The molecule has 1 unspecified atom stereocenters. The average Bonchev–Trinajstić information content (AvgIpc) is 2.57. The maximum absolute atomic E-state index is 12.8. The van der Waals surface area contributed by atoms with Crippen LogP contribution in [0.5, 0.6) is 11.5 Å². The first-order valence-electron chi connectivity index (χ1n) is 9.48. The van der Waals surface area contributed by atoms with Gasteiger partial charge >= 0.3 is 170 Å². The molecule has 0 aliphatic carbocycles. The van der Waals surface area contributed by atoms with E-state index in [1.165, 1.54) is 0 Å². The first-order chi connectivity index (χ1) is 12.7. The monoisotopic (exact) mass is 424 g/mol. The van der Waals surface area contributed by atoms with Crippen LogP contribution in [0, 0.1) is 0 Å². The molecule has 0 aliphatic heterocycles. The van der Waals surface area contributed by atoms with Gasteiger partial charge in [0.25, 0.3) is 0 Å². The molecule has 4 N–H and O–H groups in total. The van der Waals surface area contributed by atoms with E-state index >= 15 is 0 Å². The Balaban J connectivity index is 2.62. The van der Waals surface area contributed by atoms with Crippen molar-refractivity contribution in [1.29, 1.82) is 0 Å². The third-order valence-corrected chi connectivity index (χ3v) is 21.7. The van der Waals surface area contributed by atoms with Crippen LogP contribution in [0.1, 0.15) is 52.7 Å². The average molecular weight is 424 g/mol. The summed E-state index contributed by atoms with van der Waals surface area (Å²) in [7, 11) is -1.76. The van der Waals surface area contributed by atoms with Crippen molar-refractivity contribution in [2.75, 3.05) is 0 Å². The maximum atomic E-state index is 12.8. The van der Waals surface area contributed by atoms with Gasteiger partial charge in [-0.2, -0.15) is 0 Å². The zero-order valence-corrected chi connectivity index (χ0v) is 19.5. The molecule has 0 radical (unpaired) electrons. The van der Waals surface area contributed by atoms with Crippen molar-refractivity contribution >= 4 is 14.4 Å². The number of rotatable bonds is 5. The van der Waals surface area contributed by atoms with E-state index in [2.05, 4.69) is 0 Å². The fourth-order valence-electron chi connectivity index (χ4n) is 4.12. The summed E-state index contributed by atoms with van der Waals surface area (Å²) in [5.41, 5.74) is 1.81. The number of aromatic hydroxyl groups is 2. The Hall–Kier alpha value is -1.18. The second-order valence-corrected chi connectivity index (χ2v) is 20.0. The van der Waals surface area contributed by atoms with Crippen LogP contribution in [0.2, 0.25) is 0 Å². The predicted molar refractivity (Wildman–Crippen MR) is 121 cm³/mol. The van der Waals surface area contributed by atoms with Crippen molar-refractivity contribution in [3.8, 4) is 11.5 Å². The Morgan fingerprint density at radius 2 is 1.07 bits per heavy atom. The molecule has 0 fully saturated rings. The summed E-state index contributed by atoms with van der Waals surface area (Å²) in [6.45, 7) is 8.37. The molecular formula is C22H34O4P2. The van der Waals surface area contributed by atoms with Crippen LogP contribution in [-0.4, -0.2) is 30.3 Å². The molecule has 1 atom stereocenters. The van der Waals surface area contributed by atoms with Crippen molar-refractivity contribution in [1.82, 2.24) is 0 Å². The number of hydrogen-bond acceptors (Lipinski definition) is 4. The molecule has 2 aromatic carbocycles. The first kappa shape index (κ1) is 23.1. The molecular weight excluding hydrogens is 390 g/mol. The summed E-state index contributed by atoms with van der Waals surface area (Å²) >= 11 is 0. The first-order valence-corrected chi connectivity index (χ1v) is 14.0. The fraction of sp³-hybridized carbons (Fsp3) is 0.455. The van der Waals surface area contributed by atoms with Gasteiger partial charge in [0, 0.05) is 0 Å². The molecule has 0 saturated carbocycles. The molecule has 28 heavy (non-hydrogen) atoms. The van der Waals surface area contributed by atoms with Crippen LogP contribution < -0.4 is 0 Å². The Morgan fingerprint density at radius 3 is 1.43 bits per heavy atom. The summed E-state index contributed by atoms with van der Waals surface area (Å²) in [6, 6.07) is 13.7. The van der Waals surface area contributed by atoms with E-state index in [1.807, 2.05) is 53.7 Å². The number of benzene rings is 2. The quantitative estimate of drug-likeness (QED) is 0.433. The van der Waals surface area contributed by atoms with Gasteiger partial charge in [0.05, 0.1) is 0 Å². The summed E-state index contributed by atoms with van der Waals surface area (Å²) in [6.07, 6.45) is 0.760. The molecule has 6 heteroatoms. The van der Waals surface area contributed by atoms with Gasteiger partial charge in [0.1, 0.15) is 0 Å². The molecule has 0 aliphatic rings. The van der Waals surface area contributed by atoms with Crippen LogP contribution in [0.15, 0.2) is 48.5 Å². The summed E-state index contributed by atoms with van der Waals surface area (Å²) in [5.74, 6) is 0.368. The SMILES string of the molecule is CC(C)(C)P(O)(Cc1ccc(O)cc1)(P(O)Cc1ccc(O)cc1)C(C)(C)C. The molecule has 2 aromatic rings. The molecule has 0 heterocycles. The summed E-state index contributed by atoms with van der Waals surface area (Å²) in [4.78, 5) is 24.4. The zero-order chi connectivity index (χ0) is 21.4. The van der Waals surface area contributed by atoms with Crippen LogP contribution in [0.3, 0.4) is 0 Å². The van der Waals surface area contributed by atoms with Gasteiger partial charge in [-0.05, 0) is 0 Å². The van der Waals surface area contributed by atoms with E-state index in [0.29, 0.717) is 12.3 Å². The van der Waals surface area contributed by atoms with E-state index in [4.69, 9.17) is 0 Å². The summed E-state index contributed by atoms with van der Waals surface area (Å²) in [5, 5.41) is 18.2. The topological polar surface area (TPSA) is 80.9 Å². The molecule has 4 nitrogen and oxygen atoms in total. The van der Waals surface area contributed by atoms with Crippen molar-refractivity contribution in [3.05, 3.63) is 59.7 Å². The Morgan fingerprint density at radius 1 is 0.714 bits per heavy atom. The molecule has 156 valence electrons. The van der Waals surface area contributed by atoms with E-state index in [9.17, 15) is 20.0 Å². The minimum atomic E-state index is -3.79. The van der Waals surface area contributed by atoms with Gasteiger partial charge in [-0.1, -0.05) is 0 Å². The third-order valence-electron chi connectivity index (χ3n) is 6.00. The van der Waals surface area contributed by atoms with Gasteiger partial charge in [-0.25, -0.2) is 0 Å². The Kier molecular flexibility index (Phi) is 6.25. The van der Waals surface area contributed by atoms with Crippen LogP contribution in [0.4, 0.5) is 0 Å². The Labute approximate surface area is 170 Å². The van der Waals surface area contributed by atoms with Crippen molar-refractivity contribution in [2.45, 2.75) is 64.2 Å². The normalized spacial score (nSPS) is 15.6. The molecule has 0 amide bonds. The summed E-state index contributed by atoms with van der Waals surface area (Å²) < 4.78 is 0. The number of phenols is 2. The van der Waals surface area contributed by atoms with E-state index in [0.717, 1.165) is 11.1 Å². The van der Waals surface area contributed by atoms with Gasteiger partial charge in [0.15, 0.2) is 0 Å². The van der Waals surface area contributed by atoms with Crippen molar-refractivity contribution in [3.63, 3.8) is 0 Å². The predicted octanol–water partition coefficient (Wildman–Crippen LogP) is 6.16. The number of phenolic OH excluding ortho intramolecular Hbond substituents is 2. The van der Waals surface area contributed by atoms with Crippen LogP contribution >= 0.6 is 14.4 Å². The molecule has 2 rings (SSSR count). The molecule has 0 bridgehead atoms. The van der Waals surface area contributed by atoms with Gasteiger partial charge in [0.2, 0.25) is 0 Å². The van der Waals surface area contributed by atoms with E-state index in [1.54, 1.807) is 36.4 Å². The fourth-order valence-corrected chi connectivity index (χ4v) is 16.9. The zero-order valence-electron chi connectivity index (χ0n) is 17.7. The van der Waals surface area contributed by atoms with E-state index in [-0.39, 0.29) is 11.5 Å². The molecule has 0 spiro atoms. The second kappa shape index (κ2) is 7.58. The van der Waals surface area contributed by atoms with Gasteiger partial charge in [-0.15, -0.1) is 0 Å². The van der Waals surface area contributed by atoms with E-state index < -0.39 is 24.7 Å². The molecule has 0 saturated heterocycles. The van der Waals surface area contributed by atoms with Crippen molar-refractivity contribution in [2.24, 2.45) is 0 Å². The van der Waals surface area contributed by atoms with Crippen molar-refractivity contribution < 1.29 is 20.0 Å².